The van der Waals surface area contributed by atoms with Gasteiger partial charge in [-0.2, -0.15) is 5.10 Å². The number of para-hydroxylation sites is 1. The van der Waals surface area contributed by atoms with Gasteiger partial charge in [0.15, 0.2) is 0 Å². The van der Waals surface area contributed by atoms with Crippen LogP contribution in [0.4, 0.5) is 5.69 Å². The van der Waals surface area contributed by atoms with Crippen LogP contribution in [0.15, 0.2) is 67.0 Å². The molecule has 1 N–H and O–H groups in total. The van der Waals surface area contributed by atoms with Gasteiger partial charge in [0.1, 0.15) is 0 Å². The number of rotatable bonds is 6. The number of carbonyl (C=O) groups excluding carboxylic acids is 1. The van der Waals surface area contributed by atoms with Gasteiger partial charge in [-0.05, 0) is 36.5 Å². The molecule has 1 aromatic heterocycles. The molecule has 1 saturated heterocycles. The van der Waals surface area contributed by atoms with Crippen molar-refractivity contribution in [3.8, 4) is 0 Å². The molecule has 1 aliphatic heterocycles. The van der Waals surface area contributed by atoms with Crippen LogP contribution in [-0.4, -0.2) is 35.3 Å². The fourth-order valence-electron chi connectivity index (χ4n) is 3.81. The maximum absolute atomic E-state index is 12.5. The van der Waals surface area contributed by atoms with E-state index in [9.17, 15) is 4.79 Å². The summed E-state index contributed by atoms with van der Waals surface area (Å²) in [7, 11) is 0. The topological polar surface area (TPSA) is 50.2 Å². The van der Waals surface area contributed by atoms with E-state index in [1.807, 2.05) is 24.4 Å². The van der Waals surface area contributed by atoms with Crippen LogP contribution in [0.5, 0.6) is 0 Å². The Hall–Kier alpha value is -3.08. The van der Waals surface area contributed by atoms with Gasteiger partial charge >= 0.3 is 0 Å². The summed E-state index contributed by atoms with van der Waals surface area (Å²) in [6, 6.07) is 18.6. The van der Waals surface area contributed by atoms with Crippen molar-refractivity contribution in [2.45, 2.75) is 19.9 Å². The second-order valence-electron chi connectivity index (χ2n) is 7.51. The van der Waals surface area contributed by atoms with E-state index in [-0.39, 0.29) is 5.91 Å². The number of aryl methyl sites for hydroxylation is 1. The summed E-state index contributed by atoms with van der Waals surface area (Å²) < 4.78 is 1.81. The van der Waals surface area contributed by atoms with Crippen molar-refractivity contribution in [1.29, 1.82) is 0 Å². The summed E-state index contributed by atoms with van der Waals surface area (Å²) in [5, 5.41) is 7.41. The number of hydrogen-bond acceptors (Lipinski definition) is 3. The van der Waals surface area contributed by atoms with Gasteiger partial charge < -0.3 is 10.2 Å². The average Bonchev–Trinajstić information content (AvgIpc) is 3.37. The highest BCUT2D eigenvalue weighted by molar-refractivity contribution is 5.93. The molecule has 0 saturated carbocycles. The molecule has 0 aliphatic carbocycles. The van der Waals surface area contributed by atoms with Crippen molar-refractivity contribution in [1.82, 2.24) is 15.1 Å². The third-order valence-electron chi connectivity index (χ3n) is 5.38. The number of nitrogens with zero attached hydrogens (tertiary/aromatic N) is 3. The summed E-state index contributed by atoms with van der Waals surface area (Å²) >= 11 is 0. The maximum Gasteiger partial charge on any atom is 0.254 e. The molecule has 1 atom stereocenters. The third kappa shape index (κ3) is 4.25. The minimum absolute atomic E-state index is 0.0475. The molecule has 3 aromatic rings. The molecule has 0 spiro atoms. The largest absolute Gasteiger partial charge is 0.371 e. The highest BCUT2D eigenvalue weighted by atomic mass is 16.1. The van der Waals surface area contributed by atoms with E-state index >= 15 is 0 Å². The first-order valence-electron chi connectivity index (χ1n) is 9.84. The molecule has 4 rings (SSSR count). The smallest absolute Gasteiger partial charge is 0.254 e. The van der Waals surface area contributed by atoms with Crippen LogP contribution in [0, 0.1) is 12.8 Å². The Bertz CT molecular complexity index is 935. The lowest BCUT2D eigenvalue weighted by atomic mass is 10.1. The lowest BCUT2D eigenvalue weighted by Gasteiger charge is -2.21. The van der Waals surface area contributed by atoms with Gasteiger partial charge in [0.2, 0.25) is 0 Å². The number of amides is 1. The van der Waals surface area contributed by atoms with Gasteiger partial charge in [-0.3, -0.25) is 9.48 Å². The van der Waals surface area contributed by atoms with E-state index in [0.29, 0.717) is 24.6 Å². The van der Waals surface area contributed by atoms with Crippen LogP contribution in [0.25, 0.3) is 0 Å². The molecule has 5 nitrogen and oxygen atoms in total. The van der Waals surface area contributed by atoms with E-state index in [1.54, 1.807) is 10.9 Å². The highest BCUT2D eigenvalue weighted by Crippen LogP contribution is 2.26. The van der Waals surface area contributed by atoms with Gasteiger partial charge in [0, 0.05) is 31.5 Å². The molecule has 0 radical (unpaired) electrons. The Labute approximate surface area is 166 Å². The van der Waals surface area contributed by atoms with Crippen molar-refractivity contribution < 1.29 is 4.79 Å². The summed E-state index contributed by atoms with van der Waals surface area (Å²) in [5.74, 6) is 0.427. The second-order valence-corrected chi connectivity index (χ2v) is 7.51. The van der Waals surface area contributed by atoms with Crippen LogP contribution in [0.1, 0.15) is 27.9 Å². The lowest BCUT2D eigenvalue weighted by molar-refractivity contribution is 0.0948. The molecule has 1 aliphatic rings. The second kappa shape index (κ2) is 8.30. The number of aromatic nitrogens is 2. The molecular weight excluding hydrogens is 348 g/mol. The zero-order valence-electron chi connectivity index (χ0n) is 16.2. The zero-order chi connectivity index (χ0) is 19.3. The molecular formula is C23H26N4O. The number of anilines is 1. The van der Waals surface area contributed by atoms with Crippen molar-refractivity contribution in [3.05, 3.63) is 83.7 Å². The van der Waals surface area contributed by atoms with Gasteiger partial charge in [-0.25, -0.2) is 0 Å². The Morgan fingerprint density at radius 1 is 1.14 bits per heavy atom. The van der Waals surface area contributed by atoms with E-state index < -0.39 is 0 Å². The number of nitrogens with one attached hydrogen (secondary N) is 1. The molecule has 2 heterocycles. The van der Waals surface area contributed by atoms with Crippen molar-refractivity contribution in [3.63, 3.8) is 0 Å². The monoisotopic (exact) mass is 374 g/mol. The Balaban J connectivity index is 1.29. The first-order valence-corrected chi connectivity index (χ1v) is 9.84. The quantitative estimate of drug-likeness (QED) is 0.718. The fourth-order valence-corrected chi connectivity index (χ4v) is 3.81. The predicted octanol–water partition coefficient (Wildman–Crippen LogP) is 3.50. The van der Waals surface area contributed by atoms with E-state index in [1.165, 1.54) is 16.8 Å². The van der Waals surface area contributed by atoms with E-state index in [2.05, 4.69) is 58.6 Å². The molecule has 1 unspecified atom stereocenters. The van der Waals surface area contributed by atoms with Gasteiger partial charge in [-0.1, -0.05) is 48.5 Å². The summed E-state index contributed by atoms with van der Waals surface area (Å²) in [4.78, 5) is 14.9. The molecule has 5 heteroatoms. The van der Waals surface area contributed by atoms with Crippen LogP contribution >= 0.6 is 0 Å². The summed E-state index contributed by atoms with van der Waals surface area (Å²) in [6.45, 7) is 5.55. The van der Waals surface area contributed by atoms with Gasteiger partial charge in [-0.15, -0.1) is 0 Å². The SMILES string of the molecule is Cc1ccccc1N1CCC(CNC(=O)c2cnn(Cc3ccccc3)c2)C1. The Kier molecular flexibility index (Phi) is 5.42. The van der Waals surface area contributed by atoms with Crippen LogP contribution in [-0.2, 0) is 6.54 Å². The third-order valence-corrected chi connectivity index (χ3v) is 5.38. The van der Waals surface area contributed by atoms with Crippen molar-refractivity contribution >= 4 is 11.6 Å². The van der Waals surface area contributed by atoms with Gasteiger partial charge in [0.25, 0.3) is 5.91 Å². The minimum atomic E-state index is -0.0475. The van der Waals surface area contributed by atoms with Crippen molar-refractivity contribution in [2.75, 3.05) is 24.5 Å². The number of hydrogen-bond donors (Lipinski definition) is 1. The minimum Gasteiger partial charge on any atom is -0.371 e. The zero-order valence-corrected chi connectivity index (χ0v) is 16.2. The van der Waals surface area contributed by atoms with Gasteiger partial charge in [0.05, 0.1) is 18.3 Å². The maximum atomic E-state index is 12.5. The van der Waals surface area contributed by atoms with E-state index in [0.717, 1.165) is 19.5 Å². The highest BCUT2D eigenvalue weighted by Gasteiger charge is 2.24. The normalized spacial score (nSPS) is 16.3. The standard InChI is InChI=1S/C23H26N4O/c1-18-7-5-6-10-22(18)26-12-11-20(15-26)13-24-23(28)21-14-25-27(17-21)16-19-8-3-2-4-9-19/h2-10,14,17,20H,11-13,15-16H2,1H3,(H,24,28). The number of carbonyl (C=O) groups is 1. The van der Waals surface area contributed by atoms with Crippen LogP contribution in [0.2, 0.25) is 0 Å². The van der Waals surface area contributed by atoms with Crippen molar-refractivity contribution in [2.24, 2.45) is 5.92 Å². The molecule has 2 aromatic carbocycles. The van der Waals surface area contributed by atoms with Crippen LogP contribution in [0.3, 0.4) is 0 Å². The van der Waals surface area contributed by atoms with E-state index in [4.69, 9.17) is 0 Å². The molecule has 144 valence electrons. The average molecular weight is 374 g/mol. The molecule has 0 bridgehead atoms. The first-order chi connectivity index (χ1) is 13.7. The lowest BCUT2D eigenvalue weighted by Crippen LogP contribution is -2.31. The Morgan fingerprint density at radius 3 is 2.75 bits per heavy atom. The van der Waals surface area contributed by atoms with Crippen LogP contribution < -0.4 is 10.2 Å². The number of benzene rings is 2. The predicted molar refractivity (Wildman–Crippen MR) is 112 cm³/mol. The molecule has 28 heavy (non-hydrogen) atoms. The fraction of sp³-hybridized carbons (Fsp3) is 0.304. The first kappa shape index (κ1) is 18.3. The summed E-state index contributed by atoms with van der Waals surface area (Å²) in [6.07, 6.45) is 4.56. The molecule has 1 fully saturated rings. The Morgan fingerprint density at radius 2 is 1.93 bits per heavy atom. The summed E-state index contributed by atoms with van der Waals surface area (Å²) in [5.41, 5.74) is 4.39. The molecule has 1 amide bonds.